The van der Waals surface area contributed by atoms with Crippen LogP contribution < -0.4 is 5.32 Å². The van der Waals surface area contributed by atoms with E-state index >= 15 is 0 Å². The molecule has 0 aliphatic carbocycles. The standard InChI is InChI=1S/C10H17NO/c1-4-6-8(3)7-10(5-2)9(12)11-10/h5,8H,2,4,6-7H2,1,3H3,(H,11,12). The first-order chi connectivity index (χ1) is 5.64. The highest BCUT2D eigenvalue weighted by molar-refractivity contribution is 6.04. The molecule has 68 valence electrons. The molecule has 1 aliphatic rings. The molecule has 12 heavy (non-hydrogen) atoms. The van der Waals surface area contributed by atoms with E-state index in [2.05, 4.69) is 25.7 Å². The van der Waals surface area contributed by atoms with Crippen LogP contribution in [-0.2, 0) is 4.79 Å². The lowest BCUT2D eigenvalue weighted by Gasteiger charge is -2.12. The summed E-state index contributed by atoms with van der Waals surface area (Å²) in [6, 6.07) is 0. The van der Waals surface area contributed by atoms with Gasteiger partial charge in [-0.1, -0.05) is 32.8 Å². The lowest BCUT2D eigenvalue weighted by atomic mass is 9.92. The second kappa shape index (κ2) is 3.30. The fourth-order valence-corrected chi connectivity index (χ4v) is 1.69. The van der Waals surface area contributed by atoms with Crippen LogP contribution in [-0.4, -0.2) is 11.4 Å². The number of amides is 1. The predicted octanol–water partition coefficient (Wildman–Crippen LogP) is 1.87. The third kappa shape index (κ3) is 1.68. The Hall–Kier alpha value is -0.790. The molecule has 0 bridgehead atoms. The minimum Gasteiger partial charge on any atom is -0.336 e. The molecule has 1 amide bonds. The molecule has 0 radical (unpaired) electrons. The van der Waals surface area contributed by atoms with Gasteiger partial charge in [-0.3, -0.25) is 4.79 Å². The molecule has 1 rings (SSSR count). The van der Waals surface area contributed by atoms with Crippen LogP contribution in [0.1, 0.15) is 33.1 Å². The molecule has 0 spiro atoms. The van der Waals surface area contributed by atoms with Gasteiger partial charge in [-0.25, -0.2) is 0 Å². The van der Waals surface area contributed by atoms with Crippen LogP contribution in [0.2, 0.25) is 0 Å². The van der Waals surface area contributed by atoms with Crippen molar-refractivity contribution in [3.8, 4) is 0 Å². The average Bonchev–Trinajstić information content (AvgIpc) is 2.63. The van der Waals surface area contributed by atoms with Gasteiger partial charge in [0.2, 0.25) is 0 Å². The van der Waals surface area contributed by atoms with Crippen LogP contribution in [0.5, 0.6) is 0 Å². The van der Waals surface area contributed by atoms with Crippen LogP contribution in [0.3, 0.4) is 0 Å². The van der Waals surface area contributed by atoms with Gasteiger partial charge in [0.25, 0.3) is 5.91 Å². The molecule has 2 nitrogen and oxygen atoms in total. The van der Waals surface area contributed by atoms with Crippen molar-refractivity contribution < 1.29 is 4.79 Å². The molecule has 0 aromatic carbocycles. The van der Waals surface area contributed by atoms with Gasteiger partial charge >= 0.3 is 0 Å². The molecule has 0 saturated carbocycles. The fraction of sp³-hybridized carbons (Fsp3) is 0.700. The van der Waals surface area contributed by atoms with Crippen LogP contribution in [0.4, 0.5) is 0 Å². The second-order valence-corrected chi connectivity index (χ2v) is 3.73. The van der Waals surface area contributed by atoms with Crippen molar-refractivity contribution >= 4 is 5.91 Å². The van der Waals surface area contributed by atoms with Gasteiger partial charge in [-0.05, 0) is 12.3 Å². The maximum Gasteiger partial charge on any atom is 0.250 e. The smallest absolute Gasteiger partial charge is 0.250 e. The first kappa shape index (κ1) is 9.30. The first-order valence-electron chi connectivity index (χ1n) is 4.61. The third-order valence-corrected chi connectivity index (χ3v) is 2.48. The van der Waals surface area contributed by atoms with Crippen LogP contribution in [0.15, 0.2) is 12.7 Å². The average molecular weight is 167 g/mol. The van der Waals surface area contributed by atoms with Crippen LogP contribution in [0, 0.1) is 5.92 Å². The Morgan fingerprint density at radius 1 is 1.75 bits per heavy atom. The number of carbonyl (C=O) groups is 1. The Kier molecular flexibility index (Phi) is 2.55. The molecule has 2 unspecified atom stereocenters. The largest absolute Gasteiger partial charge is 0.336 e. The normalized spacial score (nSPS) is 29.3. The van der Waals surface area contributed by atoms with Crippen LogP contribution >= 0.6 is 0 Å². The first-order valence-corrected chi connectivity index (χ1v) is 4.61. The Labute approximate surface area is 74.0 Å². The molecule has 1 saturated heterocycles. The van der Waals surface area contributed by atoms with E-state index in [1.165, 1.54) is 12.8 Å². The molecule has 2 heteroatoms. The van der Waals surface area contributed by atoms with E-state index in [1.807, 2.05) is 0 Å². The number of carbonyl (C=O) groups excluding carboxylic acids is 1. The highest BCUT2D eigenvalue weighted by atomic mass is 16.2. The molecule has 0 aromatic rings. The molecule has 1 heterocycles. The number of rotatable bonds is 5. The molecular formula is C10H17NO. The Morgan fingerprint density at radius 3 is 2.67 bits per heavy atom. The summed E-state index contributed by atoms with van der Waals surface area (Å²) in [7, 11) is 0. The topological polar surface area (TPSA) is 39.0 Å². The Morgan fingerprint density at radius 2 is 2.33 bits per heavy atom. The van der Waals surface area contributed by atoms with E-state index in [9.17, 15) is 4.79 Å². The lowest BCUT2D eigenvalue weighted by Crippen LogP contribution is -2.16. The highest BCUT2D eigenvalue weighted by Crippen LogP contribution is 2.30. The third-order valence-electron chi connectivity index (χ3n) is 2.48. The van der Waals surface area contributed by atoms with Crippen molar-refractivity contribution in [3.05, 3.63) is 12.7 Å². The maximum absolute atomic E-state index is 11.0. The van der Waals surface area contributed by atoms with Gasteiger partial charge in [0, 0.05) is 0 Å². The minimum absolute atomic E-state index is 0.139. The van der Waals surface area contributed by atoms with Crippen LogP contribution in [0.25, 0.3) is 0 Å². The summed E-state index contributed by atoms with van der Waals surface area (Å²) < 4.78 is 0. The van der Waals surface area contributed by atoms with E-state index in [-0.39, 0.29) is 11.4 Å². The number of nitrogens with one attached hydrogen (secondary N) is 1. The summed E-state index contributed by atoms with van der Waals surface area (Å²) in [5.74, 6) is 0.743. The second-order valence-electron chi connectivity index (χ2n) is 3.73. The van der Waals surface area contributed by atoms with Gasteiger partial charge in [0.05, 0.1) is 0 Å². The maximum atomic E-state index is 11.0. The van der Waals surface area contributed by atoms with Crippen molar-refractivity contribution in [2.75, 3.05) is 0 Å². The predicted molar refractivity (Wildman–Crippen MR) is 49.8 cm³/mol. The molecule has 0 aromatic heterocycles. The molecule has 1 aliphatic heterocycles. The summed E-state index contributed by atoms with van der Waals surface area (Å²) >= 11 is 0. The van der Waals surface area contributed by atoms with Gasteiger partial charge in [-0.15, -0.1) is 6.58 Å². The van der Waals surface area contributed by atoms with Crippen molar-refractivity contribution in [1.29, 1.82) is 0 Å². The van der Waals surface area contributed by atoms with E-state index in [4.69, 9.17) is 0 Å². The van der Waals surface area contributed by atoms with Crippen molar-refractivity contribution in [3.63, 3.8) is 0 Å². The van der Waals surface area contributed by atoms with Crippen molar-refractivity contribution in [2.24, 2.45) is 5.92 Å². The van der Waals surface area contributed by atoms with Gasteiger partial charge in [0.15, 0.2) is 0 Å². The molecule has 1 fully saturated rings. The SMILES string of the molecule is C=CC1(CC(C)CCC)NC1=O. The highest BCUT2D eigenvalue weighted by Gasteiger charge is 2.50. The summed E-state index contributed by atoms with van der Waals surface area (Å²) in [5, 5.41) is 2.83. The Balaban J connectivity index is 2.39. The minimum atomic E-state index is -0.353. The quantitative estimate of drug-likeness (QED) is 0.492. The zero-order valence-corrected chi connectivity index (χ0v) is 7.89. The summed E-state index contributed by atoms with van der Waals surface area (Å²) in [5.41, 5.74) is -0.353. The number of hydrogen-bond acceptors (Lipinski definition) is 1. The zero-order valence-electron chi connectivity index (χ0n) is 7.89. The van der Waals surface area contributed by atoms with Crippen molar-refractivity contribution in [2.45, 2.75) is 38.6 Å². The summed E-state index contributed by atoms with van der Waals surface area (Å²) in [6.45, 7) is 8.02. The van der Waals surface area contributed by atoms with E-state index in [0.717, 1.165) is 6.42 Å². The lowest BCUT2D eigenvalue weighted by molar-refractivity contribution is -0.111. The van der Waals surface area contributed by atoms with Gasteiger partial charge in [-0.2, -0.15) is 0 Å². The molecule has 2 atom stereocenters. The number of hydrogen-bond donors (Lipinski definition) is 1. The molecular weight excluding hydrogens is 150 g/mol. The van der Waals surface area contributed by atoms with Crippen molar-refractivity contribution in [1.82, 2.24) is 5.32 Å². The van der Waals surface area contributed by atoms with E-state index < -0.39 is 0 Å². The monoisotopic (exact) mass is 167 g/mol. The van der Waals surface area contributed by atoms with Gasteiger partial charge < -0.3 is 5.32 Å². The van der Waals surface area contributed by atoms with Gasteiger partial charge in [0.1, 0.15) is 5.54 Å². The summed E-state index contributed by atoms with van der Waals surface area (Å²) in [4.78, 5) is 11.0. The molecule has 1 N–H and O–H groups in total. The van der Waals surface area contributed by atoms with E-state index in [0.29, 0.717) is 5.92 Å². The Bertz CT molecular complexity index is 200. The zero-order chi connectivity index (χ0) is 9.19. The van der Waals surface area contributed by atoms with E-state index in [1.54, 1.807) is 6.08 Å². The summed E-state index contributed by atoms with van der Waals surface area (Å²) in [6.07, 6.45) is 5.01. The fourth-order valence-electron chi connectivity index (χ4n) is 1.69.